The van der Waals surface area contributed by atoms with Crippen LogP contribution in [-0.2, 0) is 17.8 Å². The van der Waals surface area contributed by atoms with Gasteiger partial charge in [-0.3, -0.25) is 0 Å². The van der Waals surface area contributed by atoms with Gasteiger partial charge in [-0.15, -0.1) is 0 Å². The summed E-state index contributed by atoms with van der Waals surface area (Å²) in [6.45, 7) is 1.19. The van der Waals surface area contributed by atoms with Crippen LogP contribution in [0.1, 0.15) is 11.1 Å². The van der Waals surface area contributed by atoms with E-state index in [4.69, 9.17) is 15.2 Å². The van der Waals surface area contributed by atoms with E-state index < -0.39 is 0 Å². The smallest absolute Gasteiger partial charge is 0.138 e. The van der Waals surface area contributed by atoms with Crippen molar-refractivity contribution < 1.29 is 9.47 Å². The van der Waals surface area contributed by atoms with Gasteiger partial charge in [0, 0.05) is 12.7 Å². The maximum absolute atomic E-state index is 5.53. The van der Waals surface area contributed by atoms with Gasteiger partial charge < -0.3 is 15.2 Å². The van der Waals surface area contributed by atoms with Crippen LogP contribution in [0.25, 0.3) is 0 Å². The summed E-state index contributed by atoms with van der Waals surface area (Å²) in [5.74, 6) is 0.831. The van der Waals surface area contributed by atoms with Crippen LogP contribution in [0, 0.1) is 0 Å². The number of hydrogen-bond donors (Lipinski definition) is 1. The first kappa shape index (κ1) is 12.5. The van der Waals surface area contributed by atoms with Gasteiger partial charge in [0.2, 0.25) is 0 Å². The molecule has 0 fully saturated rings. The third-order valence-electron chi connectivity index (χ3n) is 2.12. The van der Waals surface area contributed by atoms with Crippen LogP contribution in [0.5, 0.6) is 5.75 Å². The molecule has 0 aliphatic heterocycles. The Balaban J connectivity index is 3.07. The molecule has 15 heavy (non-hydrogen) atoms. The Morgan fingerprint density at radius 3 is 2.60 bits per heavy atom. The highest BCUT2D eigenvalue weighted by Gasteiger charge is 2.09. The van der Waals surface area contributed by atoms with Gasteiger partial charge in [-0.2, -0.15) is 0 Å². The molecule has 1 rings (SSSR count). The second kappa shape index (κ2) is 6.10. The van der Waals surface area contributed by atoms with E-state index in [0.717, 1.165) is 22.2 Å². The molecule has 0 saturated carbocycles. The van der Waals surface area contributed by atoms with E-state index in [1.807, 2.05) is 6.07 Å². The number of nitrogens with two attached hydrogens (primary N) is 1. The van der Waals surface area contributed by atoms with Crippen LogP contribution < -0.4 is 10.5 Å². The van der Waals surface area contributed by atoms with Crippen LogP contribution in [0.15, 0.2) is 16.6 Å². The Morgan fingerprint density at radius 2 is 2.07 bits per heavy atom. The molecule has 0 unspecified atom stereocenters. The average molecular weight is 274 g/mol. The van der Waals surface area contributed by atoms with Crippen molar-refractivity contribution in [1.82, 2.24) is 0 Å². The summed E-state index contributed by atoms with van der Waals surface area (Å²) in [5, 5.41) is 0. The van der Waals surface area contributed by atoms with Gasteiger partial charge in [-0.1, -0.05) is 0 Å². The molecular formula is C11H16BrNO2. The minimum Gasteiger partial charge on any atom is -0.495 e. The monoisotopic (exact) mass is 273 g/mol. The van der Waals surface area contributed by atoms with Crippen molar-refractivity contribution in [3.8, 4) is 5.75 Å². The van der Waals surface area contributed by atoms with Gasteiger partial charge in [0.15, 0.2) is 0 Å². The summed E-state index contributed by atoms with van der Waals surface area (Å²) in [4.78, 5) is 0. The van der Waals surface area contributed by atoms with E-state index in [1.54, 1.807) is 14.2 Å². The first-order valence-electron chi connectivity index (χ1n) is 4.77. The molecule has 1 aromatic carbocycles. The lowest BCUT2D eigenvalue weighted by atomic mass is 10.1. The summed E-state index contributed by atoms with van der Waals surface area (Å²) in [6, 6.07) is 4.10. The molecule has 0 bridgehead atoms. The lowest BCUT2D eigenvalue weighted by Crippen LogP contribution is -2.04. The standard InChI is InChI=1S/C11H16BrNO2/c1-14-7-9-5-8(3-4-13)6-10(12)11(9)15-2/h5-6H,3-4,7,13H2,1-2H3. The minimum absolute atomic E-state index is 0.542. The molecule has 0 aliphatic rings. The van der Waals surface area contributed by atoms with Crippen LogP contribution in [0.3, 0.4) is 0 Å². The number of benzene rings is 1. The maximum Gasteiger partial charge on any atom is 0.138 e. The molecule has 0 aromatic heterocycles. The highest BCUT2D eigenvalue weighted by atomic mass is 79.9. The molecule has 84 valence electrons. The Hall–Kier alpha value is -0.580. The molecule has 0 heterocycles. The largest absolute Gasteiger partial charge is 0.495 e. The van der Waals surface area contributed by atoms with Gasteiger partial charge in [0.25, 0.3) is 0 Å². The van der Waals surface area contributed by atoms with Crippen molar-refractivity contribution in [2.45, 2.75) is 13.0 Å². The Bertz CT molecular complexity index is 329. The van der Waals surface area contributed by atoms with Crippen LogP contribution in [-0.4, -0.2) is 20.8 Å². The van der Waals surface area contributed by atoms with Crippen LogP contribution in [0.4, 0.5) is 0 Å². The number of rotatable bonds is 5. The normalized spacial score (nSPS) is 10.4. The summed E-state index contributed by atoms with van der Waals surface area (Å²) in [5.41, 5.74) is 7.76. The summed E-state index contributed by atoms with van der Waals surface area (Å²) in [6.07, 6.45) is 0.860. The predicted molar refractivity (Wildman–Crippen MR) is 64.2 cm³/mol. The topological polar surface area (TPSA) is 44.5 Å². The second-order valence-electron chi connectivity index (χ2n) is 3.24. The van der Waals surface area contributed by atoms with Crippen molar-refractivity contribution in [3.63, 3.8) is 0 Å². The molecule has 0 aliphatic carbocycles. The van der Waals surface area contributed by atoms with Crippen molar-refractivity contribution >= 4 is 15.9 Å². The van der Waals surface area contributed by atoms with Crippen molar-refractivity contribution in [1.29, 1.82) is 0 Å². The van der Waals surface area contributed by atoms with Gasteiger partial charge in [-0.25, -0.2) is 0 Å². The van der Waals surface area contributed by atoms with Crippen molar-refractivity contribution in [2.24, 2.45) is 5.73 Å². The fourth-order valence-electron chi connectivity index (χ4n) is 1.52. The zero-order valence-electron chi connectivity index (χ0n) is 9.05. The van der Waals surface area contributed by atoms with Gasteiger partial charge in [-0.05, 0) is 46.6 Å². The van der Waals surface area contributed by atoms with E-state index in [9.17, 15) is 0 Å². The lowest BCUT2D eigenvalue weighted by Gasteiger charge is -2.12. The van der Waals surface area contributed by atoms with Crippen LogP contribution >= 0.6 is 15.9 Å². The Kier molecular flexibility index (Phi) is 5.08. The number of methoxy groups -OCH3 is 2. The highest BCUT2D eigenvalue weighted by Crippen LogP contribution is 2.31. The average Bonchev–Trinajstić information content (AvgIpc) is 2.18. The molecule has 4 heteroatoms. The fourth-order valence-corrected chi connectivity index (χ4v) is 2.23. The SMILES string of the molecule is COCc1cc(CCN)cc(Br)c1OC. The Labute approximate surface area is 98.7 Å². The van der Waals surface area contributed by atoms with Gasteiger partial charge >= 0.3 is 0 Å². The highest BCUT2D eigenvalue weighted by molar-refractivity contribution is 9.10. The number of hydrogen-bond acceptors (Lipinski definition) is 3. The summed E-state index contributed by atoms with van der Waals surface area (Å²) < 4.78 is 11.4. The molecule has 0 atom stereocenters. The molecule has 0 saturated heterocycles. The van der Waals surface area contributed by atoms with E-state index >= 15 is 0 Å². The van der Waals surface area contributed by atoms with Crippen LogP contribution in [0.2, 0.25) is 0 Å². The van der Waals surface area contributed by atoms with E-state index in [1.165, 1.54) is 5.56 Å². The first-order valence-corrected chi connectivity index (χ1v) is 5.56. The van der Waals surface area contributed by atoms with E-state index in [-0.39, 0.29) is 0 Å². The molecule has 1 aromatic rings. The van der Waals surface area contributed by atoms with E-state index in [0.29, 0.717) is 13.2 Å². The molecule has 2 N–H and O–H groups in total. The molecule has 0 amide bonds. The summed E-state index contributed by atoms with van der Waals surface area (Å²) >= 11 is 3.48. The maximum atomic E-state index is 5.53. The lowest BCUT2D eigenvalue weighted by molar-refractivity contribution is 0.181. The van der Waals surface area contributed by atoms with E-state index in [2.05, 4.69) is 22.0 Å². The third-order valence-corrected chi connectivity index (χ3v) is 2.71. The molecule has 0 radical (unpaired) electrons. The summed E-state index contributed by atoms with van der Waals surface area (Å²) in [7, 11) is 3.32. The Morgan fingerprint density at radius 1 is 1.33 bits per heavy atom. The molecule has 3 nitrogen and oxygen atoms in total. The first-order chi connectivity index (χ1) is 7.22. The third kappa shape index (κ3) is 3.19. The van der Waals surface area contributed by atoms with Crippen molar-refractivity contribution in [2.75, 3.05) is 20.8 Å². The zero-order valence-corrected chi connectivity index (χ0v) is 10.6. The quantitative estimate of drug-likeness (QED) is 0.894. The van der Waals surface area contributed by atoms with Gasteiger partial charge in [0.05, 0.1) is 18.2 Å². The number of ether oxygens (including phenoxy) is 2. The van der Waals surface area contributed by atoms with Crippen molar-refractivity contribution in [3.05, 3.63) is 27.7 Å². The molecular weight excluding hydrogens is 258 g/mol. The van der Waals surface area contributed by atoms with Gasteiger partial charge in [0.1, 0.15) is 5.75 Å². The zero-order chi connectivity index (χ0) is 11.3. The predicted octanol–water partition coefficient (Wildman–Crippen LogP) is 2.11. The fraction of sp³-hybridized carbons (Fsp3) is 0.455. The molecule has 0 spiro atoms. The number of halogens is 1. The minimum atomic E-state index is 0.542. The second-order valence-corrected chi connectivity index (χ2v) is 4.10.